The first-order valence-corrected chi connectivity index (χ1v) is 9.08. The highest BCUT2D eigenvalue weighted by Crippen LogP contribution is 2.29. The van der Waals surface area contributed by atoms with Gasteiger partial charge in [0.05, 0.1) is 10.9 Å². The van der Waals surface area contributed by atoms with Crippen molar-refractivity contribution in [2.24, 2.45) is 0 Å². The summed E-state index contributed by atoms with van der Waals surface area (Å²) in [7, 11) is -0.687. The third-order valence-electron chi connectivity index (χ3n) is 2.90. The Morgan fingerprint density at radius 1 is 1.38 bits per heavy atom. The van der Waals surface area contributed by atoms with Crippen LogP contribution in [0.15, 0.2) is 38.3 Å². The minimum atomic E-state index is -3.65. The van der Waals surface area contributed by atoms with Crippen molar-refractivity contribution < 1.29 is 13.2 Å². The number of benzene rings is 1. The van der Waals surface area contributed by atoms with E-state index >= 15 is 0 Å². The number of hydrogen-bond acceptors (Lipinski definition) is 5. The third kappa shape index (κ3) is 3.57. The maximum absolute atomic E-state index is 12.6. The van der Waals surface area contributed by atoms with Gasteiger partial charge in [-0.1, -0.05) is 0 Å². The van der Waals surface area contributed by atoms with Crippen LogP contribution in [0, 0.1) is 0 Å². The lowest BCUT2D eigenvalue weighted by atomic mass is 10.3. The van der Waals surface area contributed by atoms with Gasteiger partial charge in [0, 0.05) is 25.3 Å². The Kier molecular flexibility index (Phi) is 4.92. The summed E-state index contributed by atoms with van der Waals surface area (Å²) in [6.45, 7) is 0.290. The number of sulfonamides is 1. The van der Waals surface area contributed by atoms with E-state index < -0.39 is 10.0 Å². The van der Waals surface area contributed by atoms with E-state index in [9.17, 15) is 8.42 Å². The maximum atomic E-state index is 12.6. The van der Waals surface area contributed by atoms with E-state index in [1.54, 1.807) is 6.07 Å². The normalized spacial score (nSPS) is 11.8. The molecule has 0 amide bonds. The minimum absolute atomic E-state index is 0.107. The smallest absolute Gasteiger partial charge is 0.246 e. The number of thiophene rings is 1. The van der Waals surface area contributed by atoms with Crippen molar-refractivity contribution in [2.45, 2.75) is 11.4 Å². The van der Waals surface area contributed by atoms with Gasteiger partial charge < -0.3 is 10.5 Å². The van der Waals surface area contributed by atoms with Crippen LogP contribution in [0.3, 0.4) is 0 Å². The van der Waals surface area contributed by atoms with Gasteiger partial charge >= 0.3 is 0 Å². The van der Waals surface area contributed by atoms with Crippen LogP contribution in [0.25, 0.3) is 0 Å². The molecule has 0 fully saturated rings. The second-order valence-electron chi connectivity index (χ2n) is 4.43. The molecular weight excluding hydrogens is 376 g/mol. The number of halogens is 1. The molecular formula is C13H15BrN2O3S2. The topological polar surface area (TPSA) is 72.6 Å². The summed E-state index contributed by atoms with van der Waals surface area (Å²) < 4.78 is 32.6. The molecule has 2 rings (SSSR count). The molecule has 8 heteroatoms. The van der Waals surface area contributed by atoms with Crippen molar-refractivity contribution in [1.82, 2.24) is 4.31 Å². The van der Waals surface area contributed by atoms with E-state index in [1.165, 1.54) is 41.9 Å². The van der Waals surface area contributed by atoms with Crippen molar-refractivity contribution in [2.75, 3.05) is 19.9 Å². The molecule has 2 aromatic rings. The molecule has 0 spiro atoms. The zero-order valence-electron chi connectivity index (χ0n) is 11.5. The van der Waals surface area contributed by atoms with Crippen molar-refractivity contribution in [1.29, 1.82) is 0 Å². The monoisotopic (exact) mass is 390 g/mol. The fraction of sp³-hybridized carbons (Fsp3) is 0.231. The van der Waals surface area contributed by atoms with Crippen molar-refractivity contribution >= 4 is 43.0 Å². The van der Waals surface area contributed by atoms with E-state index in [0.717, 1.165) is 9.35 Å². The number of methoxy groups -OCH3 is 1. The van der Waals surface area contributed by atoms with Gasteiger partial charge in [-0.3, -0.25) is 0 Å². The molecule has 21 heavy (non-hydrogen) atoms. The van der Waals surface area contributed by atoms with Gasteiger partial charge in [0.1, 0.15) is 10.6 Å². The van der Waals surface area contributed by atoms with Gasteiger partial charge in [0.15, 0.2) is 0 Å². The zero-order chi connectivity index (χ0) is 15.6. The summed E-state index contributed by atoms with van der Waals surface area (Å²) in [5.74, 6) is 0.244. The Balaban J connectivity index is 2.33. The highest BCUT2D eigenvalue weighted by atomic mass is 79.9. The SMILES string of the molecule is COc1cc(N)ccc1S(=O)(=O)N(C)Cc1csc(Br)c1. The van der Waals surface area contributed by atoms with Gasteiger partial charge in [-0.15, -0.1) is 11.3 Å². The first-order chi connectivity index (χ1) is 9.84. The summed E-state index contributed by atoms with van der Waals surface area (Å²) in [5, 5.41) is 1.91. The lowest BCUT2D eigenvalue weighted by Gasteiger charge is -2.18. The number of nitrogens with zero attached hydrogens (tertiary/aromatic N) is 1. The van der Waals surface area contributed by atoms with E-state index in [1.807, 2.05) is 11.4 Å². The molecule has 0 saturated heterocycles. The fourth-order valence-corrected chi connectivity index (χ4v) is 4.33. The molecule has 0 saturated carbocycles. The number of hydrogen-bond donors (Lipinski definition) is 1. The van der Waals surface area contributed by atoms with E-state index in [4.69, 9.17) is 10.5 Å². The summed E-state index contributed by atoms with van der Waals surface area (Å²) in [6.07, 6.45) is 0. The predicted octanol–water partition coefficient (Wildman–Crippen LogP) is 2.92. The highest BCUT2D eigenvalue weighted by Gasteiger charge is 2.25. The Morgan fingerprint density at radius 3 is 2.67 bits per heavy atom. The van der Waals surface area contributed by atoms with Crippen LogP contribution in [0.5, 0.6) is 5.75 Å². The molecule has 114 valence electrons. The Hall–Kier alpha value is -1.09. The summed E-state index contributed by atoms with van der Waals surface area (Å²) >= 11 is 4.88. The lowest BCUT2D eigenvalue weighted by Crippen LogP contribution is -2.26. The Labute approximate surface area is 136 Å². The predicted molar refractivity (Wildman–Crippen MR) is 88.1 cm³/mol. The number of anilines is 1. The average Bonchev–Trinajstić information content (AvgIpc) is 2.83. The van der Waals surface area contributed by atoms with Gasteiger partial charge in [0.25, 0.3) is 0 Å². The molecule has 1 heterocycles. The molecule has 0 atom stereocenters. The molecule has 0 radical (unpaired) electrons. The molecule has 1 aromatic heterocycles. The van der Waals surface area contributed by atoms with Crippen molar-refractivity contribution in [3.63, 3.8) is 0 Å². The second kappa shape index (κ2) is 6.35. The summed E-state index contributed by atoms with van der Waals surface area (Å²) in [4.78, 5) is 0.107. The van der Waals surface area contributed by atoms with Crippen molar-refractivity contribution in [3.8, 4) is 5.75 Å². The zero-order valence-corrected chi connectivity index (χ0v) is 14.8. The van der Waals surface area contributed by atoms with Crippen LogP contribution in [0.2, 0.25) is 0 Å². The van der Waals surface area contributed by atoms with Crippen LogP contribution in [0.4, 0.5) is 5.69 Å². The quantitative estimate of drug-likeness (QED) is 0.796. The fourth-order valence-electron chi connectivity index (χ4n) is 1.84. The average molecular weight is 391 g/mol. The van der Waals surface area contributed by atoms with Crippen molar-refractivity contribution in [3.05, 3.63) is 39.0 Å². The van der Waals surface area contributed by atoms with Gasteiger partial charge in [-0.05, 0) is 45.1 Å². The first kappa shape index (κ1) is 16.3. The van der Waals surface area contributed by atoms with E-state index in [2.05, 4.69) is 15.9 Å². The van der Waals surface area contributed by atoms with Gasteiger partial charge in [0.2, 0.25) is 10.0 Å². The molecule has 0 bridgehead atoms. The number of nitrogen functional groups attached to an aromatic ring is 1. The largest absolute Gasteiger partial charge is 0.495 e. The molecule has 5 nitrogen and oxygen atoms in total. The summed E-state index contributed by atoms with van der Waals surface area (Å²) in [6, 6.07) is 6.41. The number of nitrogens with two attached hydrogens (primary N) is 1. The number of rotatable bonds is 5. The van der Waals surface area contributed by atoms with E-state index in [0.29, 0.717) is 5.69 Å². The summed E-state index contributed by atoms with van der Waals surface area (Å²) in [5.41, 5.74) is 7.03. The van der Waals surface area contributed by atoms with Crippen LogP contribution in [-0.2, 0) is 16.6 Å². The molecule has 2 N–H and O–H groups in total. The Bertz CT molecular complexity index is 744. The number of ether oxygens (including phenoxy) is 1. The molecule has 0 aliphatic heterocycles. The second-order valence-corrected chi connectivity index (χ2v) is 8.73. The molecule has 0 unspecified atom stereocenters. The third-order valence-corrected chi connectivity index (χ3v) is 6.30. The van der Waals surface area contributed by atoms with Gasteiger partial charge in [-0.25, -0.2) is 8.42 Å². The standard InChI is InChI=1S/C13H15BrN2O3S2/c1-16(7-9-5-13(14)20-8-9)21(17,18)12-4-3-10(15)6-11(12)19-2/h3-6,8H,7,15H2,1-2H3. The molecule has 0 aliphatic rings. The highest BCUT2D eigenvalue weighted by molar-refractivity contribution is 9.11. The molecule has 1 aromatic carbocycles. The Morgan fingerprint density at radius 2 is 2.10 bits per heavy atom. The van der Waals surface area contributed by atoms with E-state index in [-0.39, 0.29) is 17.2 Å². The van der Waals surface area contributed by atoms with Crippen LogP contribution in [-0.4, -0.2) is 26.9 Å². The van der Waals surface area contributed by atoms with Crippen LogP contribution >= 0.6 is 27.3 Å². The lowest BCUT2D eigenvalue weighted by molar-refractivity contribution is 0.398. The van der Waals surface area contributed by atoms with Crippen LogP contribution < -0.4 is 10.5 Å². The van der Waals surface area contributed by atoms with Crippen LogP contribution in [0.1, 0.15) is 5.56 Å². The maximum Gasteiger partial charge on any atom is 0.246 e. The van der Waals surface area contributed by atoms with Gasteiger partial charge in [-0.2, -0.15) is 4.31 Å². The first-order valence-electron chi connectivity index (χ1n) is 5.97. The molecule has 0 aliphatic carbocycles. The minimum Gasteiger partial charge on any atom is -0.495 e.